The lowest BCUT2D eigenvalue weighted by atomic mass is 9.99. The molecule has 6 nitrogen and oxygen atoms in total. The lowest BCUT2D eigenvalue weighted by Gasteiger charge is -2.30. The van der Waals surface area contributed by atoms with Gasteiger partial charge in [0.2, 0.25) is 0 Å². The fraction of sp³-hybridized carbons (Fsp3) is 0.389. The number of Topliss-reactive ketones (excluding diaryl/α,β-unsaturated/α-hetero) is 1. The molecule has 0 bridgehead atoms. The predicted octanol–water partition coefficient (Wildman–Crippen LogP) is 4.31. The van der Waals surface area contributed by atoms with Gasteiger partial charge in [-0.05, 0) is 23.1 Å². The second-order valence-electron chi connectivity index (χ2n) is 6.98. The first-order valence-corrected chi connectivity index (χ1v) is 13.9. The number of fused-ring (bicyclic) bond motifs is 1. The highest BCUT2D eigenvalue weighted by atomic mass is 32.3. The van der Waals surface area contributed by atoms with Crippen LogP contribution in [0.25, 0.3) is 4.91 Å². The van der Waals surface area contributed by atoms with E-state index >= 15 is 0 Å². The summed E-state index contributed by atoms with van der Waals surface area (Å²) in [6.07, 6.45) is -0.213. The smallest absolute Gasteiger partial charge is 0.497 e. The zero-order valence-electron chi connectivity index (χ0n) is 16.8. The molecule has 0 spiro atoms. The summed E-state index contributed by atoms with van der Waals surface area (Å²) in [5.41, 5.74) is -13.2. The van der Waals surface area contributed by atoms with Crippen molar-refractivity contribution in [1.82, 2.24) is 0 Å². The number of ketones is 1. The fourth-order valence-corrected chi connectivity index (χ4v) is 9.25. The number of hydrogen-bond acceptors (Lipinski definition) is 8. The predicted molar refractivity (Wildman–Crippen MR) is 115 cm³/mol. The minimum Gasteiger partial charge on any atom is -0.497 e. The molecule has 0 fully saturated rings. The maximum atomic E-state index is 13.2. The summed E-state index contributed by atoms with van der Waals surface area (Å²) in [5, 5.41) is 0.0330. The van der Waals surface area contributed by atoms with Crippen molar-refractivity contribution in [1.29, 1.82) is 0 Å². The normalized spacial score (nSPS) is 21.8. The number of methoxy groups -OCH3 is 1. The minimum atomic E-state index is -6.89. The first kappa shape index (κ1) is 26.9. The van der Waals surface area contributed by atoms with Crippen LogP contribution in [-0.2, 0) is 24.5 Å². The van der Waals surface area contributed by atoms with Crippen molar-refractivity contribution in [2.24, 2.45) is 0 Å². The van der Waals surface area contributed by atoms with E-state index in [1.54, 1.807) is 6.08 Å². The molecule has 2 heterocycles. The molecule has 1 aromatic carbocycles. The van der Waals surface area contributed by atoms with Crippen molar-refractivity contribution in [3.63, 3.8) is 0 Å². The Hall–Kier alpha value is -1.65. The van der Waals surface area contributed by atoms with Crippen LogP contribution in [0, 0.1) is 0 Å². The standard InChI is InChI=1S/C18H14F6O6S4/c1-30-10-4-2-9(3-5-10)15-11(14(25)16-12(32-15)6-7-31-16)8-13(33(26,27)17(19,20)21)34(28,29)18(22,23)24/h2-7,12-13,16H,8H2,1H3. The molecule has 0 aliphatic carbocycles. The quantitative estimate of drug-likeness (QED) is 0.469. The number of halogens is 6. The molecule has 2 unspecified atom stereocenters. The number of benzene rings is 1. The van der Waals surface area contributed by atoms with Crippen LogP contribution < -0.4 is 4.74 Å². The third kappa shape index (κ3) is 4.73. The Balaban J connectivity index is 2.23. The molecule has 34 heavy (non-hydrogen) atoms. The van der Waals surface area contributed by atoms with Gasteiger partial charge < -0.3 is 4.74 Å². The molecule has 1 aromatic rings. The van der Waals surface area contributed by atoms with Gasteiger partial charge in [-0.15, -0.1) is 23.5 Å². The van der Waals surface area contributed by atoms with Gasteiger partial charge in [-0.25, -0.2) is 16.8 Å². The summed E-state index contributed by atoms with van der Waals surface area (Å²) in [4.78, 5) is 13.0. The summed E-state index contributed by atoms with van der Waals surface area (Å²) < 4.78 is 128. The van der Waals surface area contributed by atoms with Gasteiger partial charge in [0, 0.05) is 22.1 Å². The maximum Gasteiger partial charge on any atom is 0.498 e. The highest BCUT2D eigenvalue weighted by Gasteiger charge is 2.63. The summed E-state index contributed by atoms with van der Waals surface area (Å²) in [7, 11) is -12.4. The summed E-state index contributed by atoms with van der Waals surface area (Å²) >= 11 is 1.86. The molecule has 188 valence electrons. The van der Waals surface area contributed by atoms with Crippen molar-refractivity contribution in [2.45, 2.75) is 32.5 Å². The number of carbonyl (C=O) groups excluding carboxylic acids is 1. The van der Waals surface area contributed by atoms with E-state index in [2.05, 4.69) is 0 Å². The number of rotatable bonds is 6. The van der Waals surface area contributed by atoms with Gasteiger partial charge in [0.05, 0.1) is 12.4 Å². The van der Waals surface area contributed by atoms with E-state index < -0.39 is 63.6 Å². The van der Waals surface area contributed by atoms with E-state index in [1.165, 1.54) is 36.8 Å². The second-order valence-corrected chi connectivity index (χ2v) is 13.8. The minimum absolute atomic E-state index is 0.110. The van der Waals surface area contributed by atoms with E-state index in [0.717, 1.165) is 23.5 Å². The average Bonchev–Trinajstić information content (AvgIpc) is 3.20. The van der Waals surface area contributed by atoms with E-state index in [4.69, 9.17) is 4.74 Å². The maximum absolute atomic E-state index is 13.2. The highest BCUT2D eigenvalue weighted by molar-refractivity contribution is 8.12. The topological polar surface area (TPSA) is 94.6 Å². The van der Waals surface area contributed by atoms with Gasteiger partial charge in [-0.2, -0.15) is 26.3 Å². The van der Waals surface area contributed by atoms with Crippen molar-refractivity contribution >= 4 is 53.9 Å². The van der Waals surface area contributed by atoms with Crippen molar-refractivity contribution in [2.75, 3.05) is 7.11 Å². The Labute approximate surface area is 198 Å². The van der Waals surface area contributed by atoms with Gasteiger partial charge in [-0.3, -0.25) is 4.79 Å². The largest absolute Gasteiger partial charge is 0.498 e. The monoisotopic (exact) mass is 568 g/mol. The zero-order valence-corrected chi connectivity index (χ0v) is 20.0. The number of hydrogen-bond donors (Lipinski definition) is 0. The molecule has 2 aliphatic rings. The number of carbonyl (C=O) groups is 1. The van der Waals surface area contributed by atoms with Gasteiger partial charge >= 0.3 is 11.0 Å². The van der Waals surface area contributed by atoms with Crippen LogP contribution in [0.15, 0.2) is 41.3 Å². The third-order valence-electron chi connectivity index (χ3n) is 4.94. The van der Waals surface area contributed by atoms with Crippen LogP contribution >= 0.6 is 23.5 Å². The molecule has 0 aromatic heterocycles. The Morgan fingerprint density at radius 3 is 1.97 bits per heavy atom. The summed E-state index contributed by atoms with van der Waals surface area (Å²) in [6.45, 7) is 0. The Bertz CT molecular complexity index is 1200. The molecule has 2 atom stereocenters. The highest BCUT2D eigenvalue weighted by Crippen LogP contribution is 2.50. The van der Waals surface area contributed by atoms with Crippen LogP contribution in [0.4, 0.5) is 26.3 Å². The first-order chi connectivity index (χ1) is 15.5. The van der Waals surface area contributed by atoms with Crippen LogP contribution in [-0.4, -0.2) is 55.8 Å². The van der Waals surface area contributed by atoms with Crippen molar-refractivity contribution in [3.8, 4) is 5.75 Å². The molecule has 0 N–H and O–H groups in total. The molecule has 2 aliphatic heterocycles. The van der Waals surface area contributed by atoms with Crippen LogP contribution in [0.1, 0.15) is 12.0 Å². The van der Waals surface area contributed by atoms with E-state index in [0.29, 0.717) is 5.75 Å². The zero-order chi connectivity index (χ0) is 25.7. The average molecular weight is 569 g/mol. The lowest BCUT2D eigenvalue weighted by Crippen LogP contribution is -2.46. The SMILES string of the molecule is COc1ccc(C2=C(CC(S(=O)(=O)C(F)(F)F)S(=O)(=O)C(F)(F)F)C(=O)C3SC=CC3S2)cc1. The van der Waals surface area contributed by atoms with Crippen LogP contribution in [0.5, 0.6) is 5.75 Å². The number of allylic oxidation sites excluding steroid dienone is 1. The van der Waals surface area contributed by atoms with Gasteiger partial charge in [0.15, 0.2) is 10.4 Å². The number of sulfone groups is 2. The Morgan fingerprint density at radius 1 is 0.971 bits per heavy atom. The Morgan fingerprint density at radius 2 is 1.50 bits per heavy atom. The number of thioether (sulfide) groups is 2. The third-order valence-corrected chi connectivity index (χ3v) is 12.2. The van der Waals surface area contributed by atoms with Crippen LogP contribution in [0.2, 0.25) is 0 Å². The van der Waals surface area contributed by atoms with E-state index in [1.807, 2.05) is 0 Å². The molecule has 16 heteroatoms. The fourth-order valence-electron chi connectivity index (χ4n) is 3.22. The molecule has 0 radical (unpaired) electrons. The molecular formula is C18H14F6O6S4. The van der Waals surface area contributed by atoms with Crippen molar-refractivity contribution in [3.05, 3.63) is 46.9 Å². The van der Waals surface area contributed by atoms with Gasteiger partial charge in [0.25, 0.3) is 19.7 Å². The molecular weight excluding hydrogens is 554 g/mol. The number of alkyl halides is 6. The second kappa shape index (κ2) is 9.09. The van der Waals surface area contributed by atoms with Gasteiger partial charge in [0.1, 0.15) is 5.75 Å². The Kier molecular flexibility index (Phi) is 7.21. The summed E-state index contributed by atoms with van der Waals surface area (Å²) in [5.74, 6) is -0.589. The lowest BCUT2D eigenvalue weighted by molar-refractivity contribution is -0.115. The van der Waals surface area contributed by atoms with Crippen molar-refractivity contribution < 1.29 is 52.7 Å². The molecule has 0 amide bonds. The summed E-state index contributed by atoms with van der Waals surface area (Å²) in [6, 6.07) is 5.55. The van der Waals surface area contributed by atoms with Gasteiger partial charge in [-0.1, -0.05) is 18.2 Å². The van der Waals surface area contributed by atoms with Crippen LogP contribution in [0.3, 0.4) is 0 Å². The first-order valence-electron chi connectivity index (χ1n) is 9.03. The molecule has 0 saturated heterocycles. The van der Waals surface area contributed by atoms with E-state index in [-0.39, 0.29) is 10.5 Å². The van der Waals surface area contributed by atoms with E-state index in [9.17, 15) is 48.0 Å². The molecule has 3 rings (SSSR count). The number of ether oxygens (including phenoxy) is 1. The molecule has 0 saturated carbocycles.